The number of nitrogens with two attached hydrogens (primary N) is 1. The van der Waals surface area contributed by atoms with Crippen LogP contribution in [0.5, 0.6) is 0 Å². The third-order valence-electron chi connectivity index (χ3n) is 2.65. The van der Waals surface area contributed by atoms with Crippen LogP contribution in [-0.2, 0) is 5.41 Å². The molecule has 0 amide bonds. The first-order valence-corrected chi connectivity index (χ1v) is 5.83. The van der Waals surface area contributed by atoms with Gasteiger partial charge in [-0.05, 0) is 18.2 Å². The van der Waals surface area contributed by atoms with E-state index in [9.17, 15) is 8.78 Å². The van der Waals surface area contributed by atoms with Crippen LogP contribution in [-0.4, -0.2) is 10.1 Å². The van der Waals surface area contributed by atoms with E-state index in [1.54, 1.807) is 0 Å². The summed E-state index contributed by atoms with van der Waals surface area (Å²) in [4.78, 5) is 4.14. The number of aromatic nitrogens is 2. The van der Waals surface area contributed by atoms with E-state index >= 15 is 0 Å². The fourth-order valence-electron chi connectivity index (χ4n) is 1.56. The van der Waals surface area contributed by atoms with Crippen LogP contribution in [0.25, 0.3) is 0 Å². The van der Waals surface area contributed by atoms with Crippen LogP contribution >= 0.6 is 0 Å². The van der Waals surface area contributed by atoms with Crippen molar-refractivity contribution in [2.24, 2.45) is 5.73 Å². The number of hydrogen-bond acceptors (Lipinski definition) is 4. The molecule has 2 rings (SSSR count). The minimum absolute atomic E-state index is 0.00117. The number of halogens is 2. The van der Waals surface area contributed by atoms with Crippen molar-refractivity contribution < 1.29 is 13.3 Å². The Kier molecular flexibility index (Phi) is 3.36. The van der Waals surface area contributed by atoms with Gasteiger partial charge in [-0.15, -0.1) is 0 Å². The molecule has 2 N–H and O–H groups in total. The third-order valence-corrected chi connectivity index (χ3v) is 2.65. The molecule has 1 atom stereocenters. The summed E-state index contributed by atoms with van der Waals surface area (Å²) in [6, 6.07) is 2.13. The lowest BCUT2D eigenvalue weighted by atomic mass is 9.97. The molecule has 1 unspecified atom stereocenters. The van der Waals surface area contributed by atoms with Gasteiger partial charge >= 0.3 is 0 Å². The second kappa shape index (κ2) is 4.70. The van der Waals surface area contributed by atoms with Crippen molar-refractivity contribution in [2.75, 3.05) is 0 Å². The molecular weight excluding hydrogens is 252 g/mol. The van der Waals surface area contributed by atoms with E-state index in [1.807, 2.05) is 20.8 Å². The first-order valence-electron chi connectivity index (χ1n) is 5.83. The zero-order valence-electron chi connectivity index (χ0n) is 10.9. The Morgan fingerprint density at radius 1 is 1.26 bits per heavy atom. The smallest absolute Gasteiger partial charge is 0.232 e. The molecule has 0 aliphatic heterocycles. The maximum atomic E-state index is 13.6. The monoisotopic (exact) mass is 267 g/mol. The van der Waals surface area contributed by atoms with Crippen molar-refractivity contribution in [3.63, 3.8) is 0 Å². The Balaban J connectivity index is 2.36. The molecule has 0 aliphatic rings. The van der Waals surface area contributed by atoms with Crippen LogP contribution in [0.4, 0.5) is 8.78 Å². The van der Waals surface area contributed by atoms with Crippen LogP contribution in [0.2, 0.25) is 0 Å². The number of rotatable bonds is 2. The quantitative estimate of drug-likeness (QED) is 0.908. The van der Waals surface area contributed by atoms with Crippen LogP contribution < -0.4 is 5.73 Å². The fourth-order valence-corrected chi connectivity index (χ4v) is 1.56. The lowest BCUT2D eigenvalue weighted by molar-refractivity contribution is 0.317. The highest BCUT2D eigenvalue weighted by Crippen LogP contribution is 2.25. The summed E-state index contributed by atoms with van der Waals surface area (Å²) in [5.74, 6) is -0.633. The predicted molar refractivity (Wildman–Crippen MR) is 65.4 cm³/mol. The average Bonchev–Trinajstić information content (AvgIpc) is 2.80. The zero-order valence-corrected chi connectivity index (χ0v) is 10.9. The molecule has 4 nitrogen and oxygen atoms in total. The Morgan fingerprint density at radius 3 is 2.53 bits per heavy atom. The minimum Gasteiger partial charge on any atom is -0.339 e. The molecule has 0 radical (unpaired) electrons. The van der Waals surface area contributed by atoms with Crippen molar-refractivity contribution in [3.8, 4) is 0 Å². The summed E-state index contributed by atoms with van der Waals surface area (Å²) >= 11 is 0. The largest absolute Gasteiger partial charge is 0.339 e. The zero-order chi connectivity index (χ0) is 14.2. The van der Waals surface area contributed by atoms with Gasteiger partial charge in [0.2, 0.25) is 5.89 Å². The number of nitrogens with zero attached hydrogens (tertiary/aromatic N) is 2. The maximum absolute atomic E-state index is 13.6. The molecule has 1 aromatic carbocycles. The van der Waals surface area contributed by atoms with E-state index in [4.69, 9.17) is 10.3 Å². The van der Waals surface area contributed by atoms with E-state index in [2.05, 4.69) is 10.1 Å². The number of hydrogen-bond donors (Lipinski definition) is 1. The first-order chi connectivity index (χ1) is 8.79. The van der Waals surface area contributed by atoms with E-state index in [-0.39, 0.29) is 16.8 Å². The van der Waals surface area contributed by atoms with Gasteiger partial charge in [0.15, 0.2) is 5.82 Å². The summed E-state index contributed by atoms with van der Waals surface area (Å²) in [6.45, 7) is 5.70. The Hall–Kier alpha value is -1.82. The SMILES string of the molecule is CC(C)(C)c1nc(C(N)c2cc(F)ccc2F)no1. The third kappa shape index (κ3) is 2.78. The van der Waals surface area contributed by atoms with Gasteiger partial charge in [0.25, 0.3) is 0 Å². The molecule has 2 aromatic rings. The molecule has 19 heavy (non-hydrogen) atoms. The van der Waals surface area contributed by atoms with Gasteiger partial charge < -0.3 is 10.3 Å². The van der Waals surface area contributed by atoms with Crippen LogP contribution in [0.1, 0.15) is 44.1 Å². The highest BCUT2D eigenvalue weighted by Gasteiger charge is 2.25. The van der Waals surface area contributed by atoms with Gasteiger partial charge in [-0.2, -0.15) is 4.98 Å². The molecule has 0 fully saturated rings. The molecule has 0 aliphatic carbocycles. The summed E-state index contributed by atoms with van der Waals surface area (Å²) in [6.07, 6.45) is 0. The standard InChI is InChI=1S/C13H15F2N3O/c1-13(2,3)12-17-11(18-19-12)10(16)8-6-7(14)4-5-9(8)15/h4-6,10H,16H2,1-3H3. The van der Waals surface area contributed by atoms with Gasteiger partial charge in [-0.25, -0.2) is 8.78 Å². The molecule has 1 aromatic heterocycles. The molecule has 0 spiro atoms. The van der Waals surface area contributed by atoms with Crippen molar-refractivity contribution in [2.45, 2.75) is 32.2 Å². The molecule has 0 saturated heterocycles. The van der Waals surface area contributed by atoms with Crippen LogP contribution in [0.15, 0.2) is 22.7 Å². The molecule has 102 valence electrons. The Labute approximate surface area is 109 Å². The molecule has 6 heteroatoms. The van der Waals surface area contributed by atoms with Crippen LogP contribution in [0, 0.1) is 11.6 Å². The molecule has 0 bridgehead atoms. The topological polar surface area (TPSA) is 64.9 Å². The fraction of sp³-hybridized carbons (Fsp3) is 0.385. The number of benzene rings is 1. The lowest BCUT2D eigenvalue weighted by Gasteiger charge is -2.11. The predicted octanol–water partition coefficient (Wildman–Crippen LogP) is 2.69. The van der Waals surface area contributed by atoms with Gasteiger partial charge in [0, 0.05) is 11.0 Å². The lowest BCUT2D eigenvalue weighted by Crippen LogP contribution is -2.17. The van der Waals surface area contributed by atoms with Crippen molar-refractivity contribution in [1.29, 1.82) is 0 Å². The highest BCUT2D eigenvalue weighted by atomic mass is 19.1. The van der Waals surface area contributed by atoms with Crippen molar-refractivity contribution >= 4 is 0 Å². The molecule has 0 saturated carbocycles. The average molecular weight is 267 g/mol. The van der Waals surface area contributed by atoms with Gasteiger partial charge in [-0.3, -0.25) is 0 Å². The summed E-state index contributed by atoms with van der Waals surface area (Å²) in [5.41, 5.74) is 5.52. The van der Waals surface area contributed by atoms with Crippen LogP contribution in [0.3, 0.4) is 0 Å². The summed E-state index contributed by atoms with van der Waals surface area (Å²) in [5, 5.41) is 3.73. The van der Waals surface area contributed by atoms with Gasteiger partial charge in [0.1, 0.15) is 11.6 Å². The van der Waals surface area contributed by atoms with Gasteiger partial charge in [-0.1, -0.05) is 25.9 Å². The Bertz CT molecular complexity index is 590. The van der Waals surface area contributed by atoms with Crippen molar-refractivity contribution in [3.05, 3.63) is 47.1 Å². The second-order valence-electron chi connectivity index (χ2n) is 5.35. The maximum Gasteiger partial charge on any atom is 0.232 e. The highest BCUT2D eigenvalue weighted by molar-refractivity contribution is 5.26. The summed E-state index contributed by atoms with van der Waals surface area (Å²) in [7, 11) is 0. The van der Waals surface area contributed by atoms with E-state index < -0.39 is 17.7 Å². The van der Waals surface area contributed by atoms with E-state index in [0.29, 0.717) is 5.89 Å². The first kappa shape index (κ1) is 13.6. The normalized spacial score (nSPS) is 13.6. The minimum atomic E-state index is -0.962. The summed E-state index contributed by atoms with van der Waals surface area (Å²) < 4.78 is 31.8. The molecular formula is C13H15F2N3O. The van der Waals surface area contributed by atoms with Crippen molar-refractivity contribution in [1.82, 2.24) is 10.1 Å². The Morgan fingerprint density at radius 2 is 1.95 bits per heavy atom. The van der Waals surface area contributed by atoms with E-state index in [0.717, 1.165) is 18.2 Å². The van der Waals surface area contributed by atoms with E-state index in [1.165, 1.54) is 0 Å². The second-order valence-corrected chi connectivity index (χ2v) is 5.35. The molecule has 1 heterocycles. The van der Waals surface area contributed by atoms with Gasteiger partial charge in [0.05, 0.1) is 6.04 Å².